The van der Waals surface area contributed by atoms with E-state index in [0.717, 1.165) is 10.0 Å². The quantitative estimate of drug-likeness (QED) is 0.748. The molecule has 0 aliphatic rings. The van der Waals surface area contributed by atoms with Gasteiger partial charge in [-0.15, -0.1) is 0 Å². The molecule has 0 N–H and O–H groups in total. The highest BCUT2D eigenvalue weighted by Crippen LogP contribution is 2.24. The molecule has 0 radical (unpaired) electrons. The van der Waals surface area contributed by atoms with Crippen molar-refractivity contribution < 1.29 is 12.6 Å². The summed E-state index contributed by atoms with van der Waals surface area (Å²) in [5.74, 6) is 0. The minimum atomic E-state index is -3.75. The fraction of sp³-hybridized carbons (Fsp3) is 0.143. The molecule has 106 valence electrons. The van der Waals surface area contributed by atoms with Crippen molar-refractivity contribution in [1.82, 2.24) is 0 Å². The van der Waals surface area contributed by atoms with Crippen molar-refractivity contribution in [2.75, 3.05) is 0 Å². The molecule has 0 aliphatic carbocycles. The third-order valence-corrected chi connectivity index (χ3v) is 5.18. The third-order valence-electron chi connectivity index (χ3n) is 2.67. The number of hydrogen-bond donors (Lipinski definition) is 0. The Morgan fingerprint density at radius 3 is 2.40 bits per heavy atom. The van der Waals surface area contributed by atoms with Crippen LogP contribution >= 0.6 is 27.5 Å². The van der Waals surface area contributed by atoms with Crippen LogP contribution in [-0.4, -0.2) is 8.42 Å². The second kappa shape index (κ2) is 6.26. The molecule has 2 aromatic carbocycles. The summed E-state index contributed by atoms with van der Waals surface area (Å²) in [6.45, 7) is 1.84. The molecule has 0 saturated heterocycles. The minimum absolute atomic E-state index is 0.0524. The van der Waals surface area contributed by atoms with Gasteiger partial charge in [0.15, 0.2) is 0 Å². The van der Waals surface area contributed by atoms with Gasteiger partial charge in [0.25, 0.3) is 10.1 Å². The van der Waals surface area contributed by atoms with Gasteiger partial charge in [-0.1, -0.05) is 35.4 Å². The van der Waals surface area contributed by atoms with Crippen molar-refractivity contribution in [3.8, 4) is 0 Å². The summed E-state index contributed by atoms with van der Waals surface area (Å²) in [6.07, 6.45) is 0. The number of halogens is 2. The molecule has 3 nitrogen and oxygen atoms in total. The van der Waals surface area contributed by atoms with Crippen LogP contribution < -0.4 is 0 Å². The molecule has 0 bridgehead atoms. The third kappa shape index (κ3) is 3.82. The van der Waals surface area contributed by atoms with E-state index in [2.05, 4.69) is 15.9 Å². The van der Waals surface area contributed by atoms with Crippen molar-refractivity contribution in [2.24, 2.45) is 0 Å². The van der Waals surface area contributed by atoms with Crippen LogP contribution in [-0.2, 0) is 20.9 Å². The zero-order valence-corrected chi connectivity index (χ0v) is 13.8. The summed E-state index contributed by atoms with van der Waals surface area (Å²) in [7, 11) is -3.75. The van der Waals surface area contributed by atoms with E-state index in [1.165, 1.54) is 12.1 Å². The van der Waals surface area contributed by atoms with E-state index >= 15 is 0 Å². The maximum Gasteiger partial charge on any atom is 0.297 e. The van der Waals surface area contributed by atoms with E-state index < -0.39 is 10.1 Å². The van der Waals surface area contributed by atoms with E-state index in [1.807, 2.05) is 6.92 Å². The molecule has 0 aliphatic heterocycles. The Hall–Kier alpha value is -0.880. The van der Waals surface area contributed by atoms with Crippen molar-refractivity contribution in [2.45, 2.75) is 18.4 Å². The van der Waals surface area contributed by atoms with Crippen molar-refractivity contribution in [1.29, 1.82) is 0 Å². The van der Waals surface area contributed by atoms with E-state index in [4.69, 9.17) is 15.8 Å². The molecule has 20 heavy (non-hydrogen) atoms. The molecule has 0 heterocycles. The first-order valence-corrected chi connectivity index (χ1v) is 8.36. The lowest BCUT2D eigenvalue weighted by molar-refractivity contribution is 0.308. The lowest BCUT2D eigenvalue weighted by Crippen LogP contribution is -2.06. The van der Waals surface area contributed by atoms with Gasteiger partial charge in [0, 0.05) is 4.47 Å². The molecule has 6 heteroatoms. The maximum absolute atomic E-state index is 12.0. The summed E-state index contributed by atoms with van der Waals surface area (Å²) in [6, 6.07) is 11.7. The average Bonchev–Trinajstić information content (AvgIpc) is 2.41. The van der Waals surface area contributed by atoms with Gasteiger partial charge >= 0.3 is 0 Å². The van der Waals surface area contributed by atoms with Crippen LogP contribution in [0.1, 0.15) is 11.1 Å². The molecule has 0 aromatic heterocycles. The van der Waals surface area contributed by atoms with Crippen molar-refractivity contribution in [3.05, 3.63) is 63.1 Å². The van der Waals surface area contributed by atoms with E-state index in [0.29, 0.717) is 10.6 Å². The van der Waals surface area contributed by atoms with Gasteiger partial charge in [-0.2, -0.15) is 8.42 Å². The largest absolute Gasteiger partial charge is 0.297 e. The number of aryl methyl sites for hydroxylation is 1. The van der Waals surface area contributed by atoms with Crippen LogP contribution in [0.5, 0.6) is 0 Å². The molecular formula is C14H12BrClO3S. The molecular weight excluding hydrogens is 364 g/mol. The van der Waals surface area contributed by atoms with Crippen LogP contribution in [0.3, 0.4) is 0 Å². The molecule has 0 fully saturated rings. The minimum Gasteiger partial charge on any atom is -0.262 e. The summed E-state index contributed by atoms with van der Waals surface area (Å²) < 4.78 is 29.8. The Bertz CT molecular complexity index is 712. The van der Waals surface area contributed by atoms with E-state index in [-0.39, 0.29) is 11.5 Å². The maximum atomic E-state index is 12.0. The first-order chi connectivity index (χ1) is 9.38. The normalized spacial score (nSPS) is 11.6. The predicted molar refractivity (Wildman–Crippen MR) is 82.3 cm³/mol. The fourth-order valence-electron chi connectivity index (χ4n) is 1.55. The standard InChI is InChI=1S/C14H12BrClO3S/c1-10-2-5-12(6-3-10)20(17,18)19-9-11-4-7-13(15)14(16)8-11/h2-8H,9H2,1H3. The molecule has 0 saturated carbocycles. The van der Waals surface area contributed by atoms with Gasteiger partial charge in [0.1, 0.15) is 0 Å². The zero-order valence-electron chi connectivity index (χ0n) is 10.6. The molecule has 2 rings (SSSR count). The van der Waals surface area contributed by atoms with E-state index in [1.54, 1.807) is 30.3 Å². The number of rotatable bonds is 4. The van der Waals surface area contributed by atoms with Crippen LogP contribution in [0.4, 0.5) is 0 Å². The lowest BCUT2D eigenvalue weighted by atomic mass is 10.2. The Kier molecular flexibility index (Phi) is 4.86. The van der Waals surface area contributed by atoms with Crippen LogP contribution in [0.15, 0.2) is 51.8 Å². The second-order valence-corrected chi connectivity index (χ2v) is 7.15. The van der Waals surface area contributed by atoms with Gasteiger partial charge in [-0.05, 0) is 52.7 Å². The zero-order chi connectivity index (χ0) is 14.8. The van der Waals surface area contributed by atoms with Crippen LogP contribution in [0.2, 0.25) is 5.02 Å². The van der Waals surface area contributed by atoms with Gasteiger partial charge < -0.3 is 0 Å². The van der Waals surface area contributed by atoms with Crippen molar-refractivity contribution >= 4 is 37.6 Å². The first-order valence-electron chi connectivity index (χ1n) is 5.78. The Morgan fingerprint density at radius 2 is 1.80 bits per heavy atom. The first kappa shape index (κ1) is 15.5. The highest BCUT2D eigenvalue weighted by atomic mass is 79.9. The monoisotopic (exact) mass is 374 g/mol. The smallest absolute Gasteiger partial charge is 0.262 e. The summed E-state index contributed by atoms with van der Waals surface area (Å²) in [5, 5.41) is 0.513. The average molecular weight is 376 g/mol. The van der Waals surface area contributed by atoms with Gasteiger partial charge in [0.05, 0.1) is 16.5 Å². The number of hydrogen-bond acceptors (Lipinski definition) is 3. The highest BCUT2D eigenvalue weighted by Gasteiger charge is 2.15. The summed E-state index contributed by atoms with van der Waals surface area (Å²) >= 11 is 9.22. The SMILES string of the molecule is Cc1ccc(S(=O)(=O)OCc2ccc(Br)c(Cl)c2)cc1. The number of benzene rings is 2. The molecule has 0 unspecified atom stereocenters. The molecule has 0 atom stereocenters. The second-order valence-electron chi connectivity index (χ2n) is 4.28. The molecule has 2 aromatic rings. The molecule has 0 spiro atoms. The van der Waals surface area contributed by atoms with Crippen LogP contribution in [0.25, 0.3) is 0 Å². The van der Waals surface area contributed by atoms with Gasteiger partial charge in [-0.3, -0.25) is 4.18 Å². The Balaban J connectivity index is 2.13. The lowest BCUT2D eigenvalue weighted by Gasteiger charge is -2.07. The Morgan fingerprint density at radius 1 is 1.15 bits per heavy atom. The summed E-state index contributed by atoms with van der Waals surface area (Å²) in [5.41, 5.74) is 1.68. The van der Waals surface area contributed by atoms with E-state index in [9.17, 15) is 8.42 Å². The summed E-state index contributed by atoms with van der Waals surface area (Å²) in [4.78, 5) is 0.145. The molecule has 0 amide bonds. The Labute approximate surface area is 131 Å². The van der Waals surface area contributed by atoms with Gasteiger partial charge in [0.2, 0.25) is 0 Å². The highest BCUT2D eigenvalue weighted by molar-refractivity contribution is 9.10. The fourth-order valence-corrected chi connectivity index (χ4v) is 2.89. The van der Waals surface area contributed by atoms with Gasteiger partial charge in [-0.25, -0.2) is 0 Å². The predicted octanol–water partition coefficient (Wildman–Crippen LogP) is 4.32. The van der Waals surface area contributed by atoms with Crippen molar-refractivity contribution in [3.63, 3.8) is 0 Å². The topological polar surface area (TPSA) is 43.4 Å². The van der Waals surface area contributed by atoms with Crippen LogP contribution in [0, 0.1) is 6.92 Å².